The lowest BCUT2D eigenvalue weighted by molar-refractivity contribution is -0.133. The molecule has 4 nitrogen and oxygen atoms in total. The van der Waals surface area contributed by atoms with E-state index in [1.54, 1.807) is 7.11 Å². The molecule has 1 fully saturated rings. The molecule has 110 valence electrons. The molecule has 0 bridgehead atoms. The summed E-state index contributed by atoms with van der Waals surface area (Å²) in [7, 11) is 1.67. The van der Waals surface area contributed by atoms with Crippen molar-refractivity contribution in [2.45, 2.75) is 18.9 Å². The molecular weight excluding hydrogens is 272 g/mol. The number of anilines is 1. The quantitative estimate of drug-likeness (QED) is 0.813. The van der Waals surface area contributed by atoms with Gasteiger partial charge in [0.2, 0.25) is 5.91 Å². The van der Waals surface area contributed by atoms with Gasteiger partial charge in [-0.25, -0.2) is 0 Å². The Morgan fingerprint density at radius 3 is 2.95 bits per heavy atom. The SMILES string of the molecule is COCCN(C(=O)Cc1ccccc1N)C1CCSC1. The maximum atomic E-state index is 12.6. The number of carbonyl (C=O) groups excluding carboxylic acids is 1. The van der Waals surface area contributed by atoms with Crippen molar-refractivity contribution in [3.05, 3.63) is 29.8 Å². The van der Waals surface area contributed by atoms with E-state index in [9.17, 15) is 4.79 Å². The largest absolute Gasteiger partial charge is 0.398 e. The second-order valence-electron chi connectivity index (χ2n) is 4.97. The number of nitrogens with zero attached hydrogens (tertiary/aromatic N) is 1. The first-order valence-corrected chi connectivity index (χ1v) is 8.07. The first kappa shape index (κ1) is 15.2. The number of amides is 1. The van der Waals surface area contributed by atoms with Gasteiger partial charge in [-0.15, -0.1) is 0 Å². The second-order valence-corrected chi connectivity index (χ2v) is 6.12. The predicted octanol–water partition coefficient (Wildman–Crippen LogP) is 1.79. The molecule has 1 heterocycles. The van der Waals surface area contributed by atoms with Crippen LogP contribution in [-0.4, -0.2) is 48.6 Å². The zero-order valence-electron chi connectivity index (χ0n) is 11.9. The molecule has 0 aromatic heterocycles. The monoisotopic (exact) mass is 294 g/mol. The van der Waals surface area contributed by atoms with Gasteiger partial charge < -0.3 is 15.4 Å². The van der Waals surface area contributed by atoms with Gasteiger partial charge in [0.05, 0.1) is 13.0 Å². The highest BCUT2D eigenvalue weighted by Crippen LogP contribution is 2.23. The number of hydrogen-bond donors (Lipinski definition) is 1. The molecule has 20 heavy (non-hydrogen) atoms. The molecule has 1 aliphatic heterocycles. The molecule has 0 radical (unpaired) electrons. The topological polar surface area (TPSA) is 55.6 Å². The fourth-order valence-electron chi connectivity index (χ4n) is 2.43. The summed E-state index contributed by atoms with van der Waals surface area (Å²) < 4.78 is 5.13. The van der Waals surface area contributed by atoms with Gasteiger partial charge in [-0.3, -0.25) is 4.79 Å². The van der Waals surface area contributed by atoms with Crippen molar-refractivity contribution >= 4 is 23.4 Å². The normalized spacial score (nSPS) is 18.1. The average Bonchev–Trinajstić information content (AvgIpc) is 2.96. The minimum atomic E-state index is 0.146. The van der Waals surface area contributed by atoms with Crippen LogP contribution >= 0.6 is 11.8 Å². The van der Waals surface area contributed by atoms with Gasteiger partial charge >= 0.3 is 0 Å². The summed E-state index contributed by atoms with van der Waals surface area (Å²) in [6, 6.07) is 7.91. The van der Waals surface area contributed by atoms with Gasteiger partial charge in [-0.05, 0) is 23.8 Å². The Bertz CT molecular complexity index is 447. The molecule has 0 aliphatic carbocycles. The van der Waals surface area contributed by atoms with Crippen molar-refractivity contribution in [2.24, 2.45) is 0 Å². The Hall–Kier alpha value is -1.20. The highest BCUT2D eigenvalue weighted by Gasteiger charge is 2.26. The highest BCUT2D eigenvalue weighted by molar-refractivity contribution is 7.99. The van der Waals surface area contributed by atoms with Crippen molar-refractivity contribution in [1.29, 1.82) is 0 Å². The molecule has 1 saturated heterocycles. The van der Waals surface area contributed by atoms with Crippen LogP contribution in [0.3, 0.4) is 0 Å². The molecule has 2 rings (SSSR count). The average molecular weight is 294 g/mol. The summed E-state index contributed by atoms with van der Waals surface area (Å²) in [5.41, 5.74) is 7.52. The summed E-state index contributed by atoms with van der Waals surface area (Å²) in [5.74, 6) is 2.31. The fourth-order valence-corrected chi connectivity index (χ4v) is 3.65. The number of carbonyl (C=O) groups is 1. The van der Waals surface area contributed by atoms with Gasteiger partial charge in [0.15, 0.2) is 0 Å². The summed E-state index contributed by atoms with van der Waals surface area (Å²) in [5, 5.41) is 0. The van der Waals surface area contributed by atoms with Gasteiger partial charge in [0, 0.05) is 31.1 Å². The third-order valence-corrected chi connectivity index (χ3v) is 4.74. The third-order valence-electron chi connectivity index (χ3n) is 3.60. The molecule has 1 aromatic rings. The fraction of sp³-hybridized carbons (Fsp3) is 0.533. The van der Waals surface area contributed by atoms with Crippen molar-refractivity contribution < 1.29 is 9.53 Å². The first-order valence-electron chi connectivity index (χ1n) is 6.92. The van der Waals surface area contributed by atoms with Crippen molar-refractivity contribution in [3.63, 3.8) is 0 Å². The first-order chi connectivity index (χ1) is 9.72. The smallest absolute Gasteiger partial charge is 0.227 e. The van der Waals surface area contributed by atoms with Crippen LogP contribution in [0.25, 0.3) is 0 Å². The molecule has 1 atom stereocenters. The van der Waals surface area contributed by atoms with Crippen molar-refractivity contribution in [1.82, 2.24) is 4.90 Å². The van der Waals surface area contributed by atoms with Gasteiger partial charge in [-0.2, -0.15) is 11.8 Å². The molecule has 5 heteroatoms. The molecule has 1 unspecified atom stereocenters. The van der Waals surface area contributed by atoms with E-state index < -0.39 is 0 Å². The number of hydrogen-bond acceptors (Lipinski definition) is 4. The maximum absolute atomic E-state index is 12.6. The Labute approximate surface area is 124 Å². The van der Waals surface area contributed by atoms with E-state index >= 15 is 0 Å². The van der Waals surface area contributed by atoms with E-state index in [0.29, 0.717) is 31.3 Å². The number of methoxy groups -OCH3 is 1. The van der Waals surface area contributed by atoms with E-state index in [0.717, 1.165) is 23.5 Å². The summed E-state index contributed by atoms with van der Waals surface area (Å²) in [4.78, 5) is 14.5. The van der Waals surface area contributed by atoms with Crippen LogP contribution in [0, 0.1) is 0 Å². The number of rotatable bonds is 6. The number of thioether (sulfide) groups is 1. The van der Waals surface area contributed by atoms with Gasteiger partial charge in [0.25, 0.3) is 0 Å². The van der Waals surface area contributed by atoms with Crippen LogP contribution in [0.4, 0.5) is 5.69 Å². The number of nitrogens with two attached hydrogens (primary N) is 1. The lowest BCUT2D eigenvalue weighted by atomic mass is 10.1. The minimum absolute atomic E-state index is 0.146. The van der Waals surface area contributed by atoms with Crippen molar-refractivity contribution in [2.75, 3.05) is 37.5 Å². The molecular formula is C15H22N2O2S. The van der Waals surface area contributed by atoms with E-state index in [1.807, 2.05) is 40.9 Å². The minimum Gasteiger partial charge on any atom is -0.398 e. The second kappa shape index (κ2) is 7.55. The predicted molar refractivity (Wildman–Crippen MR) is 83.9 cm³/mol. The number of benzene rings is 1. The Balaban J connectivity index is 2.03. The van der Waals surface area contributed by atoms with Gasteiger partial charge in [-0.1, -0.05) is 18.2 Å². The summed E-state index contributed by atoms with van der Waals surface area (Å²) >= 11 is 1.91. The Kier molecular flexibility index (Phi) is 5.73. The van der Waals surface area contributed by atoms with Crippen LogP contribution in [0.2, 0.25) is 0 Å². The maximum Gasteiger partial charge on any atom is 0.227 e. The molecule has 2 N–H and O–H groups in total. The molecule has 0 spiro atoms. The Morgan fingerprint density at radius 2 is 2.30 bits per heavy atom. The highest BCUT2D eigenvalue weighted by atomic mass is 32.2. The third kappa shape index (κ3) is 3.90. The Morgan fingerprint density at radius 1 is 1.50 bits per heavy atom. The lowest BCUT2D eigenvalue weighted by Gasteiger charge is -2.28. The zero-order chi connectivity index (χ0) is 14.4. The van der Waals surface area contributed by atoms with E-state index in [2.05, 4.69) is 0 Å². The standard InChI is InChI=1S/C15H22N2O2S/c1-19-8-7-17(13-6-9-20-11-13)15(18)10-12-4-2-3-5-14(12)16/h2-5,13H,6-11,16H2,1H3. The lowest BCUT2D eigenvalue weighted by Crippen LogP contribution is -2.43. The zero-order valence-corrected chi connectivity index (χ0v) is 12.7. The van der Waals surface area contributed by atoms with Crippen LogP contribution in [0.15, 0.2) is 24.3 Å². The van der Waals surface area contributed by atoms with Crippen LogP contribution in [-0.2, 0) is 16.0 Å². The molecule has 1 aromatic carbocycles. The van der Waals surface area contributed by atoms with Gasteiger partial charge in [0.1, 0.15) is 0 Å². The summed E-state index contributed by atoms with van der Waals surface area (Å²) in [6.07, 6.45) is 1.45. The van der Waals surface area contributed by atoms with Crippen LogP contribution in [0.5, 0.6) is 0 Å². The van der Waals surface area contributed by atoms with E-state index in [1.165, 1.54) is 0 Å². The van der Waals surface area contributed by atoms with Crippen molar-refractivity contribution in [3.8, 4) is 0 Å². The molecule has 1 aliphatic rings. The number of para-hydroxylation sites is 1. The molecule has 0 saturated carbocycles. The van der Waals surface area contributed by atoms with E-state index in [-0.39, 0.29) is 5.91 Å². The van der Waals surface area contributed by atoms with Crippen LogP contribution < -0.4 is 5.73 Å². The van der Waals surface area contributed by atoms with E-state index in [4.69, 9.17) is 10.5 Å². The molecule has 1 amide bonds. The van der Waals surface area contributed by atoms with Crippen LogP contribution in [0.1, 0.15) is 12.0 Å². The number of nitrogen functional groups attached to an aromatic ring is 1. The summed E-state index contributed by atoms with van der Waals surface area (Å²) in [6.45, 7) is 1.24. The number of ether oxygens (including phenoxy) is 1.